The summed E-state index contributed by atoms with van der Waals surface area (Å²) >= 11 is 11.4. The Bertz CT molecular complexity index is 1050. The summed E-state index contributed by atoms with van der Waals surface area (Å²) in [6, 6.07) is 4.75. The van der Waals surface area contributed by atoms with Crippen molar-refractivity contribution in [3.63, 3.8) is 0 Å². The predicted molar refractivity (Wildman–Crippen MR) is 109 cm³/mol. The second-order valence-electron chi connectivity index (χ2n) is 7.31. The standard InChI is InChI=1S/C20H15Cl2F9N2O2/c21-12-3-11(4-13(22)5-12)17(35,20(29,30)31)9-33-14-2-1-10(15(6-14)19(26,27)28)8-32-16(34)7-18(23,24)25/h1-6,33,35H,7-9H2,(H,32,34)/t17-/m0/s1. The lowest BCUT2D eigenvalue weighted by Crippen LogP contribution is -2.47. The van der Waals surface area contributed by atoms with E-state index in [9.17, 15) is 49.4 Å². The molecule has 0 saturated carbocycles. The van der Waals surface area contributed by atoms with Crippen LogP contribution in [0, 0.1) is 0 Å². The molecule has 0 saturated heterocycles. The van der Waals surface area contributed by atoms with E-state index in [4.69, 9.17) is 23.2 Å². The normalized spacial score (nSPS) is 14.4. The summed E-state index contributed by atoms with van der Waals surface area (Å²) in [7, 11) is 0. The van der Waals surface area contributed by atoms with Crippen LogP contribution in [0.4, 0.5) is 45.2 Å². The number of anilines is 1. The number of halogens is 11. The van der Waals surface area contributed by atoms with Crippen LogP contribution < -0.4 is 10.6 Å². The molecule has 0 spiro atoms. The topological polar surface area (TPSA) is 61.4 Å². The van der Waals surface area contributed by atoms with Crippen LogP contribution in [-0.2, 0) is 23.1 Å². The fourth-order valence-corrected chi connectivity index (χ4v) is 3.46. The molecule has 0 aliphatic carbocycles. The molecular formula is C20H15Cl2F9N2O2. The summed E-state index contributed by atoms with van der Waals surface area (Å²) in [4.78, 5) is 11.3. The van der Waals surface area contributed by atoms with Crippen molar-refractivity contribution in [2.45, 2.75) is 37.1 Å². The van der Waals surface area contributed by atoms with Crippen molar-refractivity contribution in [3.8, 4) is 0 Å². The maximum Gasteiger partial charge on any atom is 0.423 e. The first-order valence-electron chi connectivity index (χ1n) is 9.35. The van der Waals surface area contributed by atoms with Crippen LogP contribution in [0.1, 0.15) is 23.1 Å². The van der Waals surface area contributed by atoms with Crippen molar-refractivity contribution in [1.29, 1.82) is 0 Å². The molecule has 2 aromatic rings. The number of hydrogen-bond donors (Lipinski definition) is 3. The van der Waals surface area contributed by atoms with Gasteiger partial charge in [0.25, 0.3) is 0 Å². The highest BCUT2D eigenvalue weighted by molar-refractivity contribution is 6.34. The van der Waals surface area contributed by atoms with Crippen LogP contribution in [-0.4, -0.2) is 29.9 Å². The number of alkyl halides is 9. The van der Waals surface area contributed by atoms with Crippen LogP contribution in [0.2, 0.25) is 10.0 Å². The Hall–Kier alpha value is -2.38. The third-order valence-corrected chi connectivity index (χ3v) is 5.05. The molecule has 2 rings (SSSR count). The lowest BCUT2D eigenvalue weighted by Gasteiger charge is -2.32. The van der Waals surface area contributed by atoms with E-state index < -0.39 is 71.9 Å². The Kier molecular flexibility index (Phi) is 8.50. The number of carbonyl (C=O) groups excluding carboxylic acids is 1. The van der Waals surface area contributed by atoms with Gasteiger partial charge < -0.3 is 15.7 Å². The van der Waals surface area contributed by atoms with Crippen molar-refractivity contribution in [2.75, 3.05) is 11.9 Å². The van der Waals surface area contributed by atoms with E-state index in [1.165, 1.54) is 0 Å². The van der Waals surface area contributed by atoms with Crippen molar-refractivity contribution < 1.29 is 49.4 Å². The zero-order chi connectivity index (χ0) is 26.8. The van der Waals surface area contributed by atoms with Crippen molar-refractivity contribution >= 4 is 34.8 Å². The van der Waals surface area contributed by atoms with Gasteiger partial charge in [0.1, 0.15) is 6.42 Å². The molecule has 0 bridgehead atoms. The molecule has 0 heterocycles. The van der Waals surface area contributed by atoms with Crippen molar-refractivity contribution in [1.82, 2.24) is 5.32 Å². The van der Waals surface area contributed by atoms with Crippen LogP contribution in [0.3, 0.4) is 0 Å². The van der Waals surface area contributed by atoms with Crippen LogP contribution >= 0.6 is 23.2 Å². The molecule has 3 N–H and O–H groups in total. The maximum absolute atomic E-state index is 13.7. The quantitative estimate of drug-likeness (QED) is 0.344. The van der Waals surface area contributed by atoms with Gasteiger partial charge in [0.2, 0.25) is 11.5 Å². The minimum Gasteiger partial charge on any atom is -0.381 e. The lowest BCUT2D eigenvalue weighted by atomic mass is 9.92. The Labute approximate surface area is 202 Å². The van der Waals surface area contributed by atoms with Gasteiger partial charge in [-0.1, -0.05) is 29.3 Å². The largest absolute Gasteiger partial charge is 0.423 e. The number of benzene rings is 2. The average Bonchev–Trinajstić information content (AvgIpc) is 2.67. The molecule has 0 aromatic heterocycles. The van der Waals surface area contributed by atoms with Crippen LogP contribution in [0.25, 0.3) is 0 Å². The van der Waals surface area contributed by atoms with Gasteiger partial charge in [0, 0.05) is 22.3 Å². The number of amides is 1. The summed E-state index contributed by atoms with van der Waals surface area (Å²) in [5.41, 5.74) is -6.93. The second kappa shape index (κ2) is 10.3. The molecule has 1 atom stereocenters. The molecule has 4 nitrogen and oxygen atoms in total. The van der Waals surface area contributed by atoms with Crippen LogP contribution in [0.15, 0.2) is 36.4 Å². The monoisotopic (exact) mass is 556 g/mol. The number of carbonyl (C=O) groups is 1. The highest BCUT2D eigenvalue weighted by Crippen LogP contribution is 2.41. The summed E-state index contributed by atoms with van der Waals surface area (Å²) < 4.78 is 118. The molecule has 0 aliphatic rings. The highest BCUT2D eigenvalue weighted by Gasteiger charge is 2.55. The Morgan fingerprint density at radius 3 is 1.94 bits per heavy atom. The summed E-state index contributed by atoms with van der Waals surface area (Å²) in [6.07, 6.45) is -17.1. The Morgan fingerprint density at radius 1 is 0.886 bits per heavy atom. The second-order valence-corrected chi connectivity index (χ2v) is 8.18. The smallest absolute Gasteiger partial charge is 0.381 e. The van der Waals surface area contributed by atoms with E-state index in [-0.39, 0.29) is 10.0 Å². The third-order valence-electron chi connectivity index (χ3n) is 4.61. The van der Waals surface area contributed by atoms with E-state index >= 15 is 0 Å². The zero-order valence-corrected chi connectivity index (χ0v) is 18.6. The van der Waals surface area contributed by atoms with Gasteiger partial charge in [-0.15, -0.1) is 0 Å². The summed E-state index contributed by atoms with van der Waals surface area (Å²) in [6.45, 7) is -2.26. The van der Waals surface area contributed by atoms with E-state index in [1.807, 2.05) is 0 Å². The molecule has 1 amide bonds. The van der Waals surface area contributed by atoms with Gasteiger partial charge in [-0.3, -0.25) is 4.79 Å². The van der Waals surface area contributed by atoms with Gasteiger partial charge in [0.15, 0.2) is 0 Å². The summed E-state index contributed by atoms with van der Waals surface area (Å²) in [5, 5.41) is 13.7. The first-order valence-corrected chi connectivity index (χ1v) is 10.1. The molecule has 15 heteroatoms. The minimum absolute atomic E-state index is 0.230. The first kappa shape index (κ1) is 28.9. The Balaban J connectivity index is 2.31. The van der Waals surface area contributed by atoms with E-state index in [0.29, 0.717) is 6.07 Å². The lowest BCUT2D eigenvalue weighted by molar-refractivity contribution is -0.260. The molecule has 0 aliphatic heterocycles. The van der Waals surface area contributed by atoms with Gasteiger partial charge in [0.05, 0.1) is 12.1 Å². The van der Waals surface area contributed by atoms with Gasteiger partial charge in [-0.05, 0) is 41.5 Å². The zero-order valence-electron chi connectivity index (χ0n) is 17.1. The van der Waals surface area contributed by atoms with E-state index in [0.717, 1.165) is 30.3 Å². The first-order chi connectivity index (χ1) is 15.8. The molecule has 0 fully saturated rings. The predicted octanol–water partition coefficient (Wildman–Crippen LogP) is 6.44. The molecule has 0 unspecified atom stereocenters. The average molecular weight is 557 g/mol. The molecule has 194 valence electrons. The fourth-order valence-electron chi connectivity index (χ4n) is 2.93. The van der Waals surface area contributed by atoms with E-state index in [2.05, 4.69) is 5.32 Å². The fraction of sp³-hybridized carbons (Fsp3) is 0.350. The minimum atomic E-state index is -5.30. The number of nitrogens with one attached hydrogen (secondary N) is 2. The SMILES string of the molecule is O=C(CC(F)(F)F)NCc1ccc(NC[C@](O)(c2cc(Cl)cc(Cl)c2)C(F)(F)F)cc1C(F)(F)F. The number of hydrogen-bond acceptors (Lipinski definition) is 3. The molecular weight excluding hydrogens is 542 g/mol. The molecule has 2 aromatic carbocycles. The summed E-state index contributed by atoms with van der Waals surface area (Å²) in [5.74, 6) is -1.57. The van der Waals surface area contributed by atoms with Crippen LogP contribution in [0.5, 0.6) is 0 Å². The van der Waals surface area contributed by atoms with Gasteiger partial charge in [-0.25, -0.2) is 0 Å². The van der Waals surface area contributed by atoms with Gasteiger partial charge >= 0.3 is 18.5 Å². The number of rotatable bonds is 7. The van der Waals surface area contributed by atoms with Gasteiger partial charge in [-0.2, -0.15) is 39.5 Å². The Morgan fingerprint density at radius 2 is 1.46 bits per heavy atom. The highest BCUT2D eigenvalue weighted by atomic mass is 35.5. The molecule has 0 radical (unpaired) electrons. The number of aliphatic hydroxyl groups is 1. The van der Waals surface area contributed by atoms with Crippen molar-refractivity contribution in [2.24, 2.45) is 0 Å². The maximum atomic E-state index is 13.7. The third kappa shape index (κ3) is 7.80. The van der Waals surface area contributed by atoms with E-state index in [1.54, 1.807) is 5.32 Å². The molecule has 35 heavy (non-hydrogen) atoms. The van der Waals surface area contributed by atoms with Crippen molar-refractivity contribution in [3.05, 3.63) is 63.1 Å².